The molecule has 0 radical (unpaired) electrons. The minimum Gasteiger partial charge on any atom is -0.360 e. The maximum atomic E-state index is 5.24. The van der Waals surface area contributed by atoms with Crippen molar-refractivity contribution in [3.05, 3.63) is 17.5 Å². The zero-order valence-corrected chi connectivity index (χ0v) is 9.07. The number of rotatable bonds is 2. The highest BCUT2D eigenvalue weighted by atomic mass is 16.5. The van der Waals surface area contributed by atoms with Gasteiger partial charge in [-0.25, -0.2) is 0 Å². The van der Waals surface area contributed by atoms with Gasteiger partial charge in [-0.1, -0.05) is 5.16 Å². The molecular formula is C11H17N3O. The number of nitrogens with zero attached hydrogens (tertiary/aromatic N) is 2. The van der Waals surface area contributed by atoms with Crippen LogP contribution < -0.4 is 5.32 Å². The van der Waals surface area contributed by atoms with E-state index >= 15 is 0 Å². The number of likely N-dealkylation sites (tertiary alicyclic amines) is 1. The van der Waals surface area contributed by atoms with Crippen LogP contribution in [0.5, 0.6) is 0 Å². The first-order valence-electron chi connectivity index (χ1n) is 5.66. The van der Waals surface area contributed by atoms with Crippen molar-refractivity contribution in [3.8, 4) is 0 Å². The summed E-state index contributed by atoms with van der Waals surface area (Å²) in [5, 5.41) is 7.37. The number of nitrogens with one attached hydrogen (secondary N) is 1. The Kier molecular flexibility index (Phi) is 2.25. The van der Waals surface area contributed by atoms with Crippen molar-refractivity contribution in [2.45, 2.75) is 13.5 Å². The quantitative estimate of drug-likeness (QED) is 0.772. The highest BCUT2D eigenvalue weighted by Crippen LogP contribution is 2.27. The van der Waals surface area contributed by atoms with Gasteiger partial charge in [0.2, 0.25) is 0 Å². The Morgan fingerprint density at radius 2 is 2.20 bits per heavy atom. The minimum absolute atomic E-state index is 0.856. The van der Waals surface area contributed by atoms with Gasteiger partial charge in [0.15, 0.2) is 5.76 Å². The van der Waals surface area contributed by atoms with Crippen molar-refractivity contribution in [2.24, 2.45) is 11.8 Å². The summed E-state index contributed by atoms with van der Waals surface area (Å²) in [6, 6.07) is 2.03. The van der Waals surface area contributed by atoms with E-state index < -0.39 is 0 Å². The lowest BCUT2D eigenvalue weighted by atomic mass is 10.0. The second kappa shape index (κ2) is 3.61. The van der Waals surface area contributed by atoms with Crippen LogP contribution in [-0.4, -0.2) is 36.2 Å². The summed E-state index contributed by atoms with van der Waals surface area (Å²) in [7, 11) is 0. The molecule has 1 N–H and O–H groups in total. The van der Waals surface area contributed by atoms with E-state index in [-0.39, 0.29) is 0 Å². The van der Waals surface area contributed by atoms with Crippen LogP contribution in [0.1, 0.15) is 11.5 Å². The van der Waals surface area contributed by atoms with Gasteiger partial charge >= 0.3 is 0 Å². The second-order valence-corrected chi connectivity index (χ2v) is 4.81. The Hall–Kier alpha value is -0.870. The molecule has 4 nitrogen and oxygen atoms in total. The number of aromatic nitrogens is 1. The molecule has 0 bridgehead atoms. The molecule has 0 aromatic carbocycles. The van der Waals surface area contributed by atoms with Gasteiger partial charge in [0.25, 0.3) is 0 Å². The summed E-state index contributed by atoms with van der Waals surface area (Å²) in [6.07, 6.45) is 0. The zero-order valence-electron chi connectivity index (χ0n) is 9.07. The number of hydrogen-bond acceptors (Lipinski definition) is 4. The molecule has 15 heavy (non-hydrogen) atoms. The van der Waals surface area contributed by atoms with Gasteiger partial charge in [-0.15, -0.1) is 0 Å². The average Bonchev–Trinajstić information content (AvgIpc) is 2.81. The molecule has 3 rings (SSSR count). The van der Waals surface area contributed by atoms with Crippen LogP contribution in [0, 0.1) is 18.8 Å². The topological polar surface area (TPSA) is 41.3 Å². The molecule has 0 unspecified atom stereocenters. The van der Waals surface area contributed by atoms with E-state index in [4.69, 9.17) is 4.52 Å². The molecule has 2 fully saturated rings. The van der Waals surface area contributed by atoms with Gasteiger partial charge in [-0.2, -0.15) is 0 Å². The Bertz CT molecular complexity index is 337. The van der Waals surface area contributed by atoms with Crippen LogP contribution in [0.3, 0.4) is 0 Å². The summed E-state index contributed by atoms with van der Waals surface area (Å²) in [5.41, 5.74) is 0.978. The third-order valence-electron chi connectivity index (χ3n) is 3.52. The van der Waals surface area contributed by atoms with Crippen molar-refractivity contribution in [1.82, 2.24) is 15.4 Å². The molecular weight excluding hydrogens is 190 g/mol. The van der Waals surface area contributed by atoms with Crippen LogP contribution in [0.4, 0.5) is 0 Å². The predicted molar refractivity (Wildman–Crippen MR) is 56.4 cm³/mol. The third kappa shape index (κ3) is 1.79. The van der Waals surface area contributed by atoms with Gasteiger partial charge in [0.05, 0.1) is 12.2 Å². The van der Waals surface area contributed by atoms with E-state index in [0.717, 1.165) is 29.8 Å². The van der Waals surface area contributed by atoms with Crippen LogP contribution in [-0.2, 0) is 6.54 Å². The molecule has 0 aliphatic carbocycles. The maximum Gasteiger partial charge on any atom is 0.150 e. The second-order valence-electron chi connectivity index (χ2n) is 4.81. The van der Waals surface area contributed by atoms with E-state index in [1.54, 1.807) is 0 Å². The van der Waals surface area contributed by atoms with E-state index in [1.807, 2.05) is 13.0 Å². The number of fused-ring (bicyclic) bond motifs is 1. The molecule has 1 aromatic rings. The van der Waals surface area contributed by atoms with E-state index in [9.17, 15) is 0 Å². The molecule has 2 aliphatic rings. The maximum absolute atomic E-state index is 5.24. The molecule has 0 spiro atoms. The lowest BCUT2D eigenvalue weighted by Gasteiger charge is -2.14. The largest absolute Gasteiger partial charge is 0.360 e. The minimum atomic E-state index is 0.856. The Labute approximate surface area is 89.6 Å². The Balaban J connectivity index is 1.61. The monoisotopic (exact) mass is 207 g/mol. The smallest absolute Gasteiger partial charge is 0.150 e. The third-order valence-corrected chi connectivity index (χ3v) is 3.52. The lowest BCUT2D eigenvalue weighted by molar-refractivity contribution is 0.258. The van der Waals surface area contributed by atoms with Crippen molar-refractivity contribution >= 4 is 0 Å². The molecule has 2 atom stereocenters. The standard InChI is InChI=1S/C11H17N3O/c1-8-2-11(15-13-8)7-14-5-9-3-12-4-10(9)6-14/h2,9-10,12H,3-7H2,1H3/t9-,10+. The summed E-state index contributed by atoms with van der Waals surface area (Å²) in [5.74, 6) is 2.71. The summed E-state index contributed by atoms with van der Waals surface area (Å²) < 4.78 is 5.24. The predicted octanol–water partition coefficient (Wildman–Crippen LogP) is 0.634. The van der Waals surface area contributed by atoms with Gasteiger partial charge in [0, 0.05) is 19.2 Å². The summed E-state index contributed by atoms with van der Waals surface area (Å²) in [6.45, 7) is 7.69. The van der Waals surface area contributed by atoms with Crippen molar-refractivity contribution in [3.63, 3.8) is 0 Å². The van der Waals surface area contributed by atoms with Crippen LogP contribution in [0.2, 0.25) is 0 Å². The Morgan fingerprint density at radius 1 is 1.47 bits per heavy atom. The van der Waals surface area contributed by atoms with E-state index in [1.165, 1.54) is 26.2 Å². The normalized spacial score (nSPS) is 31.0. The summed E-state index contributed by atoms with van der Waals surface area (Å²) >= 11 is 0. The fourth-order valence-corrected chi connectivity index (χ4v) is 2.79. The molecule has 4 heteroatoms. The van der Waals surface area contributed by atoms with Gasteiger partial charge in [0.1, 0.15) is 0 Å². The molecule has 2 saturated heterocycles. The average molecular weight is 207 g/mol. The SMILES string of the molecule is Cc1cc(CN2C[C@H]3CNC[C@H]3C2)on1. The molecule has 3 heterocycles. The van der Waals surface area contributed by atoms with Crippen molar-refractivity contribution < 1.29 is 4.52 Å². The van der Waals surface area contributed by atoms with E-state index in [0.29, 0.717) is 0 Å². The van der Waals surface area contributed by atoms with Gasteiger partial charge in [-0.05, 0) is 31.8 Å². The number of hydrogen-bond donors (Lipinski definition) is 1. The van der Waals surface area contributed by atoms with Crippen LogP contribution in [0.15, 0.2) is 10.6 Å². The van der Waals surface area contributed by atoms with Crippen LogP contribution in [0.25, 0.3) is 0 Å². The van der Waals surface area contributed by atoms with Crippen LogP contribution >= 0.6 is 0 Å². The van der Waals surface area contributed by atoms with E-state index in [2.05, 4.69) is 15.4 Å². The Morgan fingerprint density at radius 3 is 2.80 bits per heavy atom. The lowest BCUT2D eigenvalue weighted by Crippen LogP contribution is -2.25. The molecule has 1 aromatic heterocycles. The molecule has 2 aliphatic heterocycles. The first kappa shape index (κ1) is 9.36. The van der Waals surface area contributed by atoms with Crippen molar-refractivity contribution in [2.75, 3.05) is 26.2 Å². The first-order valence-corrected chi connectivity index (χ1v) is 5.66. The van der Waals surface area contributed by atoms with Crippen molar-refractivity contribution in [1.29, 1.82) is 0 Å². The fraction of sp³-hybridized carbons (Fsp3) is 0.727. The molecule has 0 saturated carbocycles. The molecule has 0 amide bonds. The fourth-order valence-electron chi connectivity index (χ4n) is 2.79. The van der Waals surface area contributed by atoms with Gasteiger partial charge in [-0.3, -0.25) is 4.90 Å². The zero-order chi connectivity index (χ0) is 10.3. The first-order chi connectivity index (χ1) is 7.31. The number of aryl methyl sites for hydroxylation is 1. The summed E-state index contributed by atoms with van der Waals surface area (Å²) in [4.78, 5) is 2.48. The highest BCUT2D eigenvalue weighted by Gasteiger charge is 2.36. The van der Waals surface area contributed by atoms with Gasteiger partial charge < -0.3 is 9.84 Å². The molecule has 82 valence electrons. The highest BCUT2D eigenvalue weighted by molar-refractivity contribution is 5.04.